The van der Waals surface area contributed by atoms with Gasteiger partial charge in [0.1, 0.15) is 5.75 Å². The maximum Gasteiger partial charge on any atom is 0.225 e. The largest absolute Gasteiger partial charge is 0.494 e. The van der Waals surface area contributed by atoms with Gasteiger partial charge in [-0.15, -0.1) is 0 Å². The number of carbonyl (C=O) groups excluding carboxylic acids is 1. The van der Waals surface area contributed by atoms with Crippen LogP contribution in [0.25, 0.3) is 0 Å². The molecule has 1 aromatic carbocycles. The Morgan fingerprint density at radius 3 is 2.34 bits per heavy atom. The van der Waals surface area contributed by atoms with E-state index in [1.54, 1.807) is 0 Å². The van der Waals surface area contributed by atoms with Crippen LogP contribution in [0.2, 0.25) is 0 Å². The molecule has 2 saturated heterocycles. The number of hydrogen-bond donors (Lipinski definition) is 0. The zero-order chi connectivity index (χ0) is 20.1. The number of para-hydroxylation sites is 1. The Balaban J connectivity index is 1.26. The van der Waals surface area contributed by atoms with Crippen LogP contribution >= 0.6 is 0 Å². The van der Waals surface area contributed by atoms with Gasteiger partial charge < -0.3 is 9.64 Å². The first-order valence-corrected chi connectivity index (χ1v) is 11.9. The minimum Gasteiger partial charge on any atom is -0.494 e. The van der Waals surface area contributed by atoms with Gasteiger partial charge in [-0.2, -0.15) is 0 Å². The summed E-state index contributed by atoms with van der Waals surface area (Å²) in [6.07, 6.45) is 11.0. The lowest BCUT2D eigenvalue weighted by Gasteiger charge is -2.47. The van der Waals surface area contributed by atoms with Crippen molar-refractivity contribution in [2.24, 2.45) is 11.3 Å². The Morgan fingerprint density at radius 1 is 1.00 bits per heavy atom. The SMILES string of the molecule is CCOc1ccccc1CN1CCC2(CC1)CCN(C(=O)C1CCCCC1)CC2. The second kappa shape index (κ2) is 9.51. The van der Waals surface area contributed by atoms with Crippen molar-refractivity contribution in [1.82, 2.24) is 9.80 Å². The summed E-state index contributed by atoms with van der Waals surface area (Å²) in [6, 6.07) is 8.46. The third-order valence-electron chi connectivity index (χ3n) is 7.67. The van der Waals surface area contributed by atoms with Crippen molar-refractivity contribution >= 4 is 5.91 Å². The lowest BCUT2D eigenvalue weighted by molar-refractivity contribution is -0.139. The van der Waals surface area contributed by atoms with E-state index in [0.717, 1.165) is 57.9 Å². The number of ether oxygens (including phenoxy) is 1. The van der Waals surface area contributed by atoms with Crippen molar-refractivity contribution in [3.8, 4) is 5.75 Å². The maximum absolute atomic E-state index is 12.9. The van der Waals surface area contributed by atoms with Crippen molar-refractivity contribution in [2.45, 2.75) is 71.3 Å². The third-order valence-corrected chi connectivity index (χ3v) is 7.67. The molecule has 1 amide bonds. The molecule has 0 N–H and O–H groups in total. The number of carbonyl (C=O) groups is 1. The molecule has 0 radical (unpaired) electrons. The lowest BCUT2D eigenvalue weighted by Crippen LogP contribution is -2.49. The van der Waals surface area contributed by atoms with Crippen LogP contribution in [0.15, 0.2) is 24.3 Å². The molecular weight excluding hydrogens is 360 g/mol. The van der Waals surface area contributed by atoms with Gasteiger partial charge in [0.25, 0.3) is 0 Å². The Bertz CT molecular complexity index is 665. The highest BCUT2D eigenvalue weighted by atomic mass is 16.5. The first-order valence-electron chi connectivity index (χ1n) is 11.9. The molecule has 2 heterocycles. The van der Waals surface area contributed by atoms with Gasteiger partial charge in [0.2, 0.25) is 5.91 Å². The number of rotatable bonds is 5. The van der Waals surface area contributed by atoms with Gasteiger partial charge in [-0.1, -0.05) is 37.5 Å². The van der Waals surface area contributed by atoms with E-state index in [1.165, 1.54) is 50.5 Å². The average molecular weight is 399 g/mol. The molecule has 3 fully saturated rings. The fourth-order valence-corrected chi connectivity index (χ4v) is 5.67. The molecule has 2 aliphatic heterocycles. The van der Waals surface area contributed by atoms with E-state index in [-0.39, 0.29) is 0 Å². The normalized spacial score (nSPS) is 23.3. The molecular formula is C25H38N2O2. The number of nitrogens with zero attached hydrogens (tertiary/aromatic N) is 2. The fraction of sp³-hybridized carbons (Fsp3) is 0.720. The maximum atomic E-state index is 12.9. The van der Waals surface area contributed by atoms with Crippen LogP contribution in [0.1, 0.15) is 70.3 Å². The van der Waals surface area contributed by atoms with Gasteiger partial charge >= 0.3 is 0 Å². The second-order valence-corrected chi connectivity index (χ2v) is 9.48. The van der Waals surface area contributed by atoms with Crippen molar-refractivity contribution in [3.63, 3.8) is 0 Å². The number of piperidine rings is 2. The summed E-state index contributed by atoms with van der Waals surface area (Å²) in [5, 5.41) is 0. The van der Waals surface area contributed by atoms with E-state index in [0.29, 0.717) is 17.2 Å². The van der Waals surface area contributed by atoms with Crippen LogP contribution in [0.3, 0.4) is 0 Å². The summed E-state index contributed by atoms with van der Waals surface area (Å²) in [4.78, 5) is 17.7. The van der Waals surface area contributed by atoms with Gasteiger partial charge in [0, 0.05) is 31.1 Å². The molecule has 3 aliphatic rings. The van der Waals surface area contributed by atoms with E-state index in [2.05, 4.69) is 34.1 Å². The molecule has 1 spiro atoms. The van der Waals surface area contributed by atoms with Gasteiger partial charge in [0.05, 0.1) is 6.61 Å². The first-order chi connectivity index (χ1) is 14.2. The number of benzene rings is 1. The summed E-state index contributed by atoms with van der Waals surface area (Å²) >= 11 is 0. The molecule has 0 atom stereocenters. The van der Waals surface area contributed by atoms with Crippen LogP contribution < -0.4 is 4.74 Å². The Morgan fingerprint density at radius 2 is 1.66 bits per heavy atom. The summed E-state index contributed by atoms with van der Waals surface area (Å²) in [5.74, 6) is 1.82. The van der Waals surface area contributed by atoms with Gasteiger partial charge in [-0.3, -0.25) is 9.69 Å². The lowest BCUT2D eigenvalue weighted by atomic mass is 9.71. The highest BCUT2D eigenvalue weighted by Gasteiger charge is 2.39. The molecule has 1 aromatic rings. The third kappa shape index (κ3) is 4.96. The van der Waals surface area contributed by atoms with Crippen molar-refractivity contribution in [2.75, 3.05) is 32.8 Å². The monoisotopic (exact) mass is 398 g/mol. The minimum atomic E-state index is 0.324. The molecule has 4 rings (SSSR count). The highest BCUT2D eigenvalue weighted by molar-refractivity contribution is 5.79. The van der Waals surface area contributed by atoms with Gasteiger partial charge in [-0.25, -0.2) is 0 Å². The predicted molar refractivity (Wildman–Crippen MR) is 117 cm³/mol. The van der Waals surface area contributed by atoms with Crippen LogP contribution in [0.5, 0.6) is 5.75 Å². The zero-order valence-electron chi connectivity index (χ0n) is 18.2. The zero-order valence-corrected chi connectivity index (χ0v) is 18.2. The molecule has 0 bridgehead atoms. The van der Waals surface area contributed by atoms with Crippen molar-refractivity contribution < 1.29 is 9.53 Å². The molecule has 0 aromatic heterocycles. The predicted octanol–water partition coefficient (Wildman–Crippen LogP) is 4.87. The number of likely N-dealkylation sites (tertiary alicyclic amines) is 2. The van der Waals surface area contributed by atoms with Crippen LogP contribution in [0, 0.1) is 11.3 Å². The first kappa shape index (κ1) is 20.7. The standard InChI is InChI=1S/C25H38N2O2/c1-2-29-23-11-7-6-10-22(23)20-26-16-12-25(13-17-26)14-18-27(19-15-25)24(28)21-8-4-3-5-9-21/h6-7,10-11,21H,2-5,8-9,12-20H2,1H3. The molecule has 4 heteroatoms. The van der Waals surface area contributed by atoms with E-state index in [4.69, 9.17) is 4.74 Å². The molecule has 0 unspecified atom stereocenters. The van der Waals surface area contributed by atoms with E-state index in [9.17, 15) is 4.79 Å². The highest BCUT2D eigenvalue weighted by Crippen LogP contribution is 2.42. The van der Waals surface area contributed by atoms with Crippen molar-refractivity contribution in [1.29, 1.82) is 0 Å². The minimum absolute atomic E-state index is 0.324. The molecule has 29 heavy (non-hydrogen) atoms. The topological polar surface area (TPSA) is 32.8 Å². The fourth-order valence-electron chi connectivity index (χ4n) is 5.67. The van der Waals surface area contributed by atoms with Crippen LogP contribution in [-0.2, 0) is 11.3 Å². The van der Waals surface area contributed by atoms with E-state index < -0.39 is 0 Å². The second-order valence-electron chi connectivity index (χ2n) is 9.48. The molecule has 1 aliphatic carbocycles. The van der Waals surface area contributed by atoms with Crippen LogP contribution in [-0.4, -0.2) is 48.5 Å². The summed E-state index contributed by atoms with van der Waals surface area (Å²) in [7, 11) is 0. The van der Waals surface area contributed by atoms with E-state index >= 15 is 0 Å². The molecule has 1 saturated carbocycles. The van der Waals surface area contributed by atoms with Crippen LogP contribution in [0.4, 0.5) is 0 Å². The Labute approximate surface area is 176 Å². The molecule has 160 valence electrons. The number of amides is 1. The Hall–Kier alpha value is -1.55. The van der Waals surface area contributed by atoms with E-state index in [1.807, 2.05) is 6.92 Å². The Kier molecular flexibility index (Phi) is 6.79. The summed E-state index contributed by atoms with van der Waals surface area (Å²) in [6.45, 7) is 8.06. The smallest absolute Gasteiger partial charge is 0.225 e. The molecule has 4 nitrogen and oxygen atoms in total. The quantitative estimate of drug-likeness (QED) is 0.709. The van der Waals surface area contributed by atoms with Gasteiger partial charge in [-0.05, 0) is 70.0 Å². The van der Waals surface area contributed by atoms with Gasteiger partial charge in [0.15, 0.2) is 0 Å². The summed E-state index contributed by atoms with van der Waals surface area (Å²) in [5.41, 5.74) is 1.78. The number of hydrogen-bond acceptors (Lipinski definition) is 3. The summed E-state index contributed by atoms with van der Waals surface area (Å²) < 4.78 is 5.81. The average Bonchev–Trinajstić information content (AvgIpc) is 2.78. The van der Waals surface area contributed by atoms with Crippen molar-refractivity contribution in [3.05, 3.63) is 29.8 Å².